The zero-order chi connectivity index (χ0) is 69.2. The average molecular weight is 1330 g/mol. The van der Waals surface area contributed by atoms with E-state index < -0.39 is 47.1 Å². The van der Waals surface area contributed by atoms with Crippen LogP contribution in [0.2, 0.25) is 0 Å². The van der Waals surface area contributed by atoms with Gasteiger partial charge >= 0.3 is 11.9 Å². The van der Waals surface area contributed by atoms with Crippen LogP contribution < -0.4 is 30.7 Å². The molecule has 2 atom stereocenters. The lowest BCUT2D eigenvalue weighted by molar-refractivity contribution is 0.0489. The number of para-hydroxylation sites is 8. The minimum absolute atomic E-state index is 0.00384. The molecule has 0 fully saturated rings. The molecule has 0 bridgehead atoms. The molecule has 18 nitrogen and oxygen atoms in total. The minimum atomic E-state index is -0.756. The van der Waals surface area contributed by atoms with Gasteiger partial charge in [0.25, 0.3) is 23.6 Å². The highest BCUT2D eigenvalue weighted by Crippen LogP contribution is 2.40. The van der Waals surface area contributed by atoms with Crippen molar-refractivity contribution in [1.82, 2.24) is 0 Å². The fourth-order valence-electron chi connectivity index (χ4n) is 12.1. The average Bonchev–Trinajstić information content (AvgIpc) is 1.57. The molecule has 0 unspecified atom stereocenters. The third-order valence-corrected chi connectivity index (χ3v) is 17.8. The highest BCUT2D eigenvalue weighted by Gasteiger charge is 2.30. The van der Waals surface area contributed by atoms with E-state index in [1.165, 1.54) is 126 Å². The first-order valence-electron chi connectivity index (χ1n) is 34.9. The molecule has 2 heterocycles. The first-order chi connectivity index (χ1) is 47.8. The second kappa shape index (κ2) is 36.9. The number of carbonyl (C=O) groups excluding carboxylic acids is 6. The second-order valence-electron chi connectivity index (χ2n) is 25.3. The molecule has 0 aliphatic carbocycles. The van der Waals surface area contributed by atoms with Gasteiger partial charge in [-0.05, 0) is 85.6 Å². The van der Waals surface area contributed by atoms with Crippen molar-refractivity contribution < 1.29 is 57.9 Å². The van der Waals surface area contributed by atoms with Gasteiger partial charge in [-0.1, -0.05) is 204 Å². The number of hydrogen-bond acceptors (Lipinski definition) is 14. The van der Waals surface area contributed by atoms with Crippen molar-refractivity contribution in [3.05, 3.63) is 189 Å². The van der Waals surface area contributed by atoms with Crippen molar-refractivity contribution in [3.8, 4) is 23.0 Å². The van der Waals surface area contributed by atoms with E-state index in [1.807, 2.05) is 26.0 Å². The Labute approximate surface area is 575 Å². The maximum absolute atomic E-state index is 14.3. The molecule has 514 valence electrons. The molecule has 0 aromatic heterocycles. The lowest BCUT2D eigenvalue weighted by Crippen LogP contribution is -2.20. The first kappa shape index (κ1) is 72.2. The number of ether oxygens (including phenoxy) is 4. The summed E-state index contributed by atoms with van der Waals surface area (Å²) in [6, 6.07) is 35.8. The van der Waals surface area contributed by atoms with Crippen molar-refractivity contribution in [2.75, 3.05) is 47.7 Å². The maximum Gasteiger partial charge on any atom is 0.340 e. The van der Waals surface area contributed by atoms with E-state index in [4.69, 9.17) is 18.9 Å². The SMILES string of the molecule is CCCCCCCCCCCCOC(=O)c1cccc(NC(=O)c2cccc(C=Nc3ccccc3N=Cc3cccc(C(=O)Nc4cccc(C(=O)OCCCCCCCCCCCC)c4NC(=O)c4cccc5c4OC[C@H]5C)c3O)c2O)c1NC(=O)c1cccc2c1OC[C@H]2C. The largest absolute Gasteiger partial charge is 0.506 e. The van der Waals surface area contributed by atoms with Crippen LogP contribution in [0.5, 0.6) is 23.0 Å². The van der Waals surface area contributed by atoms with Crippen molar-refractivity contribution in [2.45, 2.75) is 168 Å². The quantitative estimate of drug-likeness (QED) is 0.0122. The lowest BCUT2D eigenvalue weighted by Gasteiger charge is -2.17. The van der Waals surface area contributed by atoms with Gasteiger partial charge in [0.1, 0.15) is 23.0 Å². The molecule has 7 aromatic rings. The maximum atomic E-state index is 14.3. The van der Waals surface area contributed by atoms with Crippen LogP contribution in [0.1, 0.15) is 252 Å². The number of aromatic hydroxyl groups is 2. The summed E-state index contributed by atoms with van der Waals surface area (Å²) in [6.45, 7) is 9.59. The summed E-state index contributed by atoms with van der Waals surface area (Å²) in [6.07, 6.45) is 25.0. The molecule has 7 aromatic carbocycles. The summed E-state index contributed by atoms with van der Waals surface area (Å²) >= 11 is 0. The zero-order valence-electron chi connectivity index (χ0n) is 56.9. The summed E-state index contributed by atoms with van der Waals surface area (Å²) in [5.74, 6) is -3.81. The number of nitrogens with zero attached hydrogens (tertiary/aromatic N) is 2. The molecule has 2 aliphatic heterocycles. The van der Waals surface area contributed by atoms with Gasteiger partial charge < -0.3 is 50.4 Å². The molecule has 2 aliphatic rings. The van der Waals surface area contributed by atoms with Crippen LogP contribution in [-0.4, -0.2) is 84.6 Å². The van der Waals surface area contributed by atoms with Crippen LogP contribution in [0, 0.1) is 0 Å². The van der Waals surface area contributed by atoms with Gasteiger partial charge in [0, 0.05) is 46.5 Å². The predicted octanol–water partition coefficient (Wildman–Crippen LogP) is 18.8. The van der Waals surface area contributed by atoms with E-state index in [0.29, 0.717) is 48.9 Å². The van der Waals surface area contributed by atoms with E-state index in [9.17, 15) is 39.0 Å². The Morgan fingerprint density at radius 1 is 0.408 bits per heavy atom. The highest BCUT2D eigenvalue weighted by molar-refractivity contribution is 6.17. The van der Waals surface area contributed by atoms with Crippen LogP contribution >= 0.6 is 0 Å². The summed E-state index contributed by atoms with van der Waals surface area (Å²) in [5.41, 5.74) is 3.20. The fraction of sp³-hybridized carbons (Fsp3) is 0.375. The number of phenolic OH excluding ortho intramolecular Hbond substituents is 2. The molecule has 0 saturated carbocycles. The zero-order valence-corrected chi connectivity index (χ0v) is 56.9. The predicted molar refractivity (Wildman–Crippen MR) is 387 cm³/mol. The van der Waals surface area contributed by atoms with Crippen molar-refractivity contribution >= 4 is 82.1 Å². The normalized spacial score (nSPS) is 13.7. The van der Waals surface area contributed by atoms with E-state index in [2.05, 4.69) is 45.1 Å². The summed E-state index contributed by atoms with van der Waals surface area (Å²) in [7, 11) is 0. The number of amides is 4. The third-order valence-electron chi connectivity index (χ3n) is 17.8. The van der Waals surface area contributed by atoms with Gasteiger partial charge in [0.05, 0.1) is 93.9 Å². The molecule has 18 heteroatoms. The van der Waals surface area contributed by atoms with E-state index in [0.717, 1.165) is 49.7 Å². The molecular weight excluding hydrogens is 1240 g/mol. The number of unbranched alkanes of at least 4 members (excludes halogenated alkanes) is 18. The van der Waals surface area contributed by atoms with Crippen LogP contribution in [0.25, 0.3) is 0 Å². The molecule has 0 radical (unpaired) electrons. The molecule has 9 rings (SSSR count). The first-order valence-corrected chi connectivity index (χ1v) is 34.9. The van der Waals surface area contributed by atoms with Crippen LogP contribution in [-0.2, 0) is 9.47 Å². The smallest absolute Gasteiger partial charge is 0.340 e. The Morgan fingerprint density at radius 2 is 0.735 bits per heavy atom. The van der Waals surface area contributed by atoms with Gasteiger partial charge in [0.15, 0.2) is 0 Å². The van der Waals surface area contributed by atoms with Crippen molar-refractivity contribution in [2.24, 2.45) is 9.98 Å². The van der Waals surface area contributed by atoms with Gasteiger partial charge in [-0.15, -0.1) is 0 Å². The minimum Gasteiger partial charge on any atom is -0.506 e. The van der Waals surface area contributed by atoms with E-state index in [-0.39, 0.29) is 92.3 Å². The standard InChI is InChI=1S/C80H92N6O12/c1-5-7-9-11-13-15-17-19-21-25-47-95-79(93)59-37-31-45-67(69(59)85-77(91)63-41-29-35-57-53(3)51-97-73(57)63)83-75(89)61-39-27-33-55(71(61)87)49-81-65-43-23-24-44-66(65)82-50-56-34-28-40-62(72(56)88)76(90)84-68-46-32-38-60(80(94)96-48-26-22-20-18-16-14-12-10-8-6-2)70(68)86-78(92)64-42-30-36-58-54(4)52-98-74(58)64/h23-24,27-46,49-50,53-54,87-88H,5-22,25-26,47-48,51-52H2,1-4H3,(H,83,89)(H,84,90)(H,85,91)(H,86,92)/t53-,54-/m1/s1. The second-order valence-corrected chi connectivity index (χ2v) is 25.3. The number of carbonyl (C=O) groups is 6. The number of esters is 2. The fourth-order valence-corrected chi connectivity index (χ4v) is 12.1. The Bertz CT molecular complexity index is 3740. The van der Waals surface area contributed by atoms with Crippen molar-refractivity contribution in [1.29, 1.82) is 0 Å². The Hall–Kier alpha value is -10.1. The molecule has 98 heavy (non-hydrogen) atoms. The number of nitrogens with one attached hydrogen (secondary N) is 4. The van der Waals surface area contributed by atoms with Crippen LogP contribution in [0.15, 0.2) is 143 Å². The molecule has 4 amide bonds. The number of aliphatic imine (C=N–C) groups is 2. The van der Waals surface area contributed by atoms with Gasteiger partial charge in [0.2, 0.25) is 0 Å². The summed E-state index contributed by atoms with van der Waals surface area (Å²) in [5, 5.41) is 34.8. The van der Waals surface area contributed by atoms with Gasteiger partial charge in [-0.2, -0.15) is 0 Å². The number of rotatable bonds is 36. The van der Waals surface area contributed by atoms with E-state index in [1.54, 1.807) is 84.9 Å². The Kier molecular flexibility index (Phi) is 27.1. The molecule has 6 N–H and O–H groups in total. The summed E-state index contributed by atoms with van der Waals surface area (Å²) in [4.78, 5) is 94.0. The van der Waals surface area contributed by atoms with Crippen molar-refractivity contribution in [3.63, 3.8) is 0 Å². The number of fused-ring (bicyclic) bond motifs is 2. The van der Waals surface area contributed by atoms with E-state index >= 15 is 0 Å². The van der Waals surface area contributed by atoms with Gasteiger partial charge in [-0.25, -0.2) is 9.59 Å². The Morgan fingerprint density at radius 3 is 1.12 bits per heavy atom. The molecular formula is C80H92N6O12. The molecule has 0 saturated heterocycles. The van der Waals surface area contributed by atoms with Gasteiger partial charge in [-0.3, -0.25) is 29.2 Å². The number of hydrogen-bond donors (Lipinski definition) is 6. The monoisotopic (exact) mass is 1330 g/mol. The number of phenols is 2. The third kappa shape index (κ3) is 19.3. The molecule has 0 spiro atoms. The topological polar surface area (TPSA) is 253 Å². The van der Waals surface area contributed by atoms with Crippen LogP contribution in [0.4, 0.5) is 34.1 Å². The number of anilines is 4. The van der Waals surface area contributed by atoms with Crippen LogP contribution in [0.3, 0.4) is 0 Å². The number of benzene rings is 7. The Balaban J connectivity index is 0.883. The summed E-state index contributed by atoms with van der Waals surface area (Å²) < 4.78 is 23.4. The lowest BCUT2D eigenvalue weighted by atomic mass is 10.0. The highest BCUT2D eigenvalue weighted by atomic mass is 16.5.